The summed E-state index contributed by atoms with van der Waals surface area (Å²) >= 11 is 0. The van der Waals surface area contributed by atoms with Crippen LogP contribution in [0.4, 0.5) is 17.1 Å². The first-order chi connectivity index (χ1) is 19.6. The third kappa shape index (κ3) is 6.07. The van der Waals surface area contributed by atoms with Gasteiger partial charge in [0.2, 0.25) is 5.70 Å². The summed E-state index contributed by atoms with van der Waals surface area (Å²) in [6.07, 6.45) is 4.54. The molecule has 4 heteroatoms. The van der Waals surface area contributed by atoms with E-state index in [4.69, 9.17) is 6.57 Å². The number of anilines is 3. The van der Waals surface area contributed by atoms with Crippen molar-refractivity contribution in [2.45, 2.75) is 0 Å². The molecule has 40 heavy (non-hydrogen) atoms. The van der Waals surface area contributed by atoms with Gasteiger partial charge >= 0.3 is 0 Å². The Morgan fingerprint density at radius 3 is 1.40 bits per heavy atom. The Kier molecular flexibility index (Phi) is 7.96. The van der Waals surface area contributed by atoms with Crippen LogP contribution in [0.25, 0.3) is 33.2 Å². The molecule has 0 aliphatic carbocycles. The average Bonchev–Trinajstić information content (AvgIpc) is 3.01. The number of benzene rings is 5. The molecule has 0 fully saturated rings. The van der Waals surface area contributed by atoms with Crippen LogP contribution in [0.2, 0.25) is 0 Å². The Labute approximate surface area is 234 Å². The maximum absolute atomic E-state index is 10.9. The number of carbonyl (C=O) groups is 1. The van der Waals surface area contributed by atoms with Crippen molar-refractivity contribution in [2.75, 3.05) is 4.90 Å². The summed E-state index contributed by atoms with van der Waals surface area (Å²) in [6, 6.07) is 45.6. The first-order valence-electron chi connectivity index (χ1n) is 12.8. The minimum atomic E-state index is -1.48. The van der Waals surface area contributed by atoms with Crippen LogP contribution in [0.15, 0.2) is 151 Å². The average molecular weight is 518 g/mol. The Balaban J connectivity index is 1.48. The molecule has 5 aromatic carbocycles. The van der Waals surface area contributed by atoms with Crippen LogP contribution in [0, 0.1) is 6.57 Å². The lowest BCUT2D eigenvalue weighted by Crippen LogP contribution is -2.22. The van der Waals surface area contributed by atoms with E-state index in [-0.39, 0.29) is 0 Å². The van der Waals surface area contributed by atoms with Crippen molar-refractivity contribution < 1.29 is 9.90 Å². The third-order valence-electron chi connectivity index (χ3n) is 6.49. The van der Waals surface area contributed by atoms with E-state index >= 15 is 0 Å². The predicted octanol–water partition coefficient (Wildman–Crippen LogP) is 8.06. The molecule has 0 unspecified atom stereocenters. The number of aliphatic carboxylic acids is 1. The fourth-order valence-electron chi connectivity index (χ4n) is 4.45. The van der Waals surface area contributed by atoms with E-state index in [1.165, 1.54) is 6.08 Å². The van der Waals surface area contributed by atoms with Gasteiger partial charge in [-0.05, 0) is 64.2 Å². The van der Waals surface area contributed by atoms with Crippen molar-refractivity contribution in [3.05, 3.63) is 168 Å². The highest BCUT2D eigenvalue weighted by Crippen LogP contribution is 2.36. The lowest BCUT2D eigenvalue weighted by atomic mass is 10.0. The number of allylic oxidation sites excluding steroid dienone is 2. The van der Waals surface area contributed by atoms with E-state index in [0.717, 1.165) is 44.9 Å². The summed E-state index contributed by atoms with van der Waals surface area (Å²) in [5, 5.41) is 10.9. The fourth-order valence-corrected chi connectivity index (χ4v) is 4.45. The molecule has 0 aliphatic rings. The van der Waals surface area contributed by atoms with E-state index in [1.54, 1.807) is 12.2 Å². The highest BCUT2D eigenvalue weighted by atomic mass is 16.4. The number of carbonyl (C=O) groups excluding carboxylic acids is 1. The lowest BCUT2D eigenvalue weighted by Gasteiger charge is -2.26. The smallest absolute Gasteiger partial charge is 0.209 e. The molecule has 5 rings (SSSR count). The van der Waals surface area contributed by atoms with Gasteiger partial charge < -0.3 is 14.8 Å². The van der Waals surface area contributed by atoms with Crippen LogP contribution in [0.5, 0.6) is 0 Å². The van der Waals surface area contributed by atoms with Crippen LogP contribution in [-0.2, 0) is 4.79 Å². The van der Waals surface area contributed by atoms with Gasteiger partial charge in [-0.2, -0.15) is 0 Å². The van der Waals surface area contributed by atoms with Gasteiger partial charge in [0, 0.05) is 17.1 Å². The molecule has 0 heterocycles. The maximum Gasteiger partial charge on any atom is 0.209 e. The van der Waals surface area contributed by atoms with Gasteiger partial charge in [-0.25, -0.2) is 4.85 Å². The van der Waals surface area contributed by atoms with Crippen molar-refractivity contribution in [1.82, 2.24) is 0 Å². The van der Waals surface area contributed by atoms with E-state index in [1.807, 2.05) is 60.7 Å². The van der Waals surface area contributed by atoms with Gasteiger partial charge in [-0.15, -0.1) is 0 Å². The van der Waals surface area contributed by atoms with Crippen molar-refractivity contribution in [3.63, 3.8) is 0 Å². The molecule has 4 nitrogen and oxygen atoms in total. The highest BCUT2D eigenvalue weighted by Gasteiger charge is 2.13. The van der Waals surface area contributed by atoms with Crippen molar-refractivity contribution in [3.8, 4) is 22.3 Å². The van der Waals surface area contributed by atoms with Gasteiger partial charge in [-0.3, -0.25) is 0 Å². The molecule has 0 N–H and O–H groups in total. The van der Waals surface area contributed by atoms with E-state index in [9.17, 15) is 9.90 Å². The summed E-state index contributed by atoms with van der Waals surface area (Å²) < 4.78 is 0. The molecular weight excluding hydrogens is 492 g/mol. The monoisotopic (exact) mass is 517 g/mol. The summed E-state index contributed by atoms with van der Waals surface area (Å²) in [5.74, 6) is -1.48. The van der Waals surface area contributed by atoms with Gasteiger partial charge in [0.25, 0.3) is 0 Å². The summed E-state index contributed by atoms with van der Waals surface area (Å²) in [5.41, 5.74) is 8.09. The molecule has 0 aliphatic heterocycles. The Morgan fingerprint density at radius 1 is 0.600 bits per heavy atom. The first-order valence-corrected chi connectivity index (χ1v) is 12.8. The zero-order valence-electron chi connectivity index (χ0n) is 21.6. The predicted molar refractivity (Wildman–Crippen MR) is 161 cm³/mol. The molecule has 0 atom stereocenters. The molecule has 0 saturated carbocycles. The minimum absolute atomic E-state index is 0.433. The third-order valence-corrected chi connectivity index (χ3v) is 6.49. The number of rotatable bonds is 8. The normalized spacial score (nSPS) is 11.2. The summed E-state index contributed by atoms with van der Waals surface area (Å²) in [7, 11) is 0. The highest BCUT2D eigenvalue weighted by molar-refractivity contribution is 5.87. The molecule has 0 spiro atoms. The molecule has 0 aromatic heterocycles. The van der Waals surface area contributed by atoms with Gasteiger partial charge in [-0.1, -0.05) is 115 Å². The zero-order chi connectivity index (χ0) is 27.7. The van der Waals surface area contributed by atoms with Crippen molar-refractivity contribution in [1.29, 1.82) is 0 Å². The van der Waals surface area contributed by atoms with Gasteiger partial charge in [0.05, 0.1) is 12.5 Å². The number of hydrogen-bond acceptors (Lipinski definition) is 3. The van der Waals surface area contributed by atoms with Crippen LogP contribution >= 0.6 is 0 Å². The number of hydrogen-bond donors (Lipinski definition) is 0. The maximum atomic E-state index is 10.9. The Bertz CT molecular complexity index is 1600. The van der Waals surface area contributed by atoms with Gasteiger partial charge in [0.1, 0.15) is 0 Å². The molecule has 0 radical (unpaired) electrons. The lowest BCUT2D eigenvalue weighted by molar-refractivity contribution is -0.298. The topological polar surface area (TPSA) is 47.7 Å². The summed E-state index contributed by atoms with van der Waals surface area (Å²) in [4.78, 5) is 16.1. The van der Waals surface area contributed by atoms with E-state index in [0.29, 0.717) is 0 Å². The van der Waals surface area contributed by atoms with Gasteiger partial charge in [0.15, 0.2) is 0 Å². The van der Waals surface area contributed by atoms with Crippen LogP contribution in [0.3, 0.4) is 0 Å². The number of carboxylic acids is 1. The molecular formula is C36H25N2O2-. The quantitative estimate of drug-likeness (QED) is 0.119. The van der Waals surface area contributed by atoms with E-state index < -0.39 is 11.7 Å². The van der Waals surface area contributed by atoms with Crippen molar-refractivity contribution in [2.24, 2.45) is 0 Å². The minimum Gasteiger partial charge on any atom is -0.558 e. The second-order valence-corrected chi connectivity index (χ2v) is 9.06. The molecule has 0 amide bonds. The number of nitrogens with zero attached hydrogens (tertiary/aromatic N) is 2. The van der Waals surface area contributed by atoms with Crippen molar-refractivity contribution >= 4 is 29.1 Å². The Hall–Kier alpha value is -5.66. The van der Waals surface area contributed by atoms with Crippen LogP contribution in [0.1, 0.15) is 5.56 Å². The SMILES string of the molecule is [C-]#[N+]/C(=C\C=C\c1ccc(N(c2ccc(-c3ccccc3)cc2)c2ccc(-c3ccccc3)cc2)cc1)C(=O)[O-]. The standard InChI is InChI=1S/C36H26N2O2/c1-37-35(36(39)40)14-8-9-27-15-21-32(22-16-27)38(33-23-17-30(18-24-33)28-10-4-2-5-11-28)34-25-19-31(20-26-34)29-12-6-3-7-13-29/h2-26H,(H,39,40)/p-1/b9-8+,35-14-. The Morgan fingerprint density at radius 2 is 1.00 bits per heavy atom. The molecule has 0 saturated heterocycles. The van der Waals surface area contributed by atoms with Crippen LogP contribution in [-0.4, -0.2) is 5.97 Å². The zero-order valence-corrected chi connectivity index (χ0v) is 21.6. The second kappa shape index (κ2) is 12.3. The van der Waals surface area contributed by atoms with E-state index in [2.05, 4.69) is 82.5 Å². The second-order valence-electron chi connectivity index (χ2n) is 9.06. The van der Waals surface area contributed by atoms with Crippen LogP contribution < -0.4 is 10.0 Å². The largest absolute Gasteiger partial charge is 0.558 e. The summed E-state index contributed by atoms with van der Waals surface area (Å²) in [6.45, 7) is 6.93. The molecule has 0 bridgehead atoms. The molecule has 5 aromatic rings. The number of carboxylic acid groups (broad SMARTS) is 1. The molecule has 192 valence electrons. The first kappa shape index (κ1) is 26.0. The fraction of sp³-hybridized carbons (Fsp3) is 0.